The van der Waals surface area contributed by atoms with Crippen LogP contribution in [0.3, 0.4) is 0 Å². The van der Waals surface area contributed by atoms with E-state index < -0.39 is 5.60 Å². The highest BCUT2D eigenvalue weighted by atomic mass is 16.6. The van der Waals surface area contributed by atoms with E-state index in [2.05, 4.69) is 15.4 Å². The van der Waals surface area contributed by atoms with Gasteiger partial charge in [0, 0.05) is 19.0 Å². The quantitative estimate of drug-likeness (QED) is 0.838. The molecule has 7 nitrogen and oxygen atoms in total. The molecule has 25 heavy (non-hydrogen) atoms. The van der Waals surface area contributed by atoms with Crippen LogP contribution >= 0.6 is 0 Å². The summed E-state index contributed by atoms with van der Waals surface area (Å²) in [4.78, 5) is 15.5. The van der Waals surface area contributed by atoms with Crippen molar-refractivity contribution in [3.05, 3.63) is 35.7 Å². The Morgan fingerprint density at radius 2 is 1.80 bits per heavy atom. The van der Waals surface area contributed by atoms with Gasteiger partial charge in [0.15, 0.2) is 5.82 Å². The Balaban J connectivity index is 1.60. The summed E-state index contributed by atoms with van der Waals surface area (Å²) in [6, 6.07) is 8.01. The number of nitrogens with zero attached hydrogens (tertiary/aromatic N) is 5. The van der Waals surface area contributed by atoms with Gasteiger partial charge in [0.1, 0.15) is 5.60 Å². The van der Waals surface area contributed by atoms with E-state index in [1.165, 1.54) is 5.56 Å². The summed E-state index contributed by atoms with van der Waals surface area (Å²) < 4.78 is 5.43. The van der Waals surface area contributed by atoms with Gasteiger partial charge in [0.05, 0.1) is 5.69 Å². The number of benzene rings is 1. The lowest BCUT2D eigenvalue weighted by atomic mass is 9.96. The fourth-order valence-electron chi connectivity index (χ4n) is 2.82. The monoisotopic (exact) mass is 343 g/mol. The summed E-state index contributed by atoms with van der Waals surface area (Å²) in [7, 11) is 0. The molecule has 1 aromatic heterocycles. The van der Waals surface area contributed by atoms with Gasteiger partial charge in [-0.15, -0.1) is 15.0 Å². The van der Waals surface area contributed by atoms with Crippen LogP contribution in [-0.4, -0.2) is 49.9 Å². The third-order valence-electron chi connectivity index (χ3n) is 4.21. The molecular formula is C18H25N5O2. The van der Waals surface area contributed by atoms with Crippen LogP contribution in [0.1, 0.15) is 50.9 Å². The number of piperidine rings is 1. The van der Waals surface area contributed by atoms with Crippen molar-refractivity contribution in [2.45, 2.75) is 52.1 Å². The second-order valence-corrected chi connectivity index (χ2v) is 7.51. The molecule has 1 aromatic carbocycles. The number of carbonyl (C=O) groups excluding carboxylic acids is 1. The first-order chi connectivity index (χ1) is 11.8. The Morgan fingerprint density at radius 1 is 1.16 bits per heavy atom. The summed E-state index contributed by atoms with van der Waals surface area (Å²) in [5.41, 5.74) is 1.63. The summed E-state index contributed by atoms with van der Waals surface area (Å²) in [6.07, 6.45) is 1.39. The minimum atomic E-state index is -0.466. The van der Waals surface area contributed by atoms with Gasteiger partial charge in [-0.05, 0) is 57.9 Å². The summed E-state index contributed by atoms with van der Waals surface area (Å²) in [6.45, 7) is 8.99. The molecule has 2 heterocycles. The first kappa shape index (κ1) is 17.4. The number of amides is 1. The fourth-order valence-corrected chi connectivity index (χ4v) is 2.82. The molecular weight excluding hydrogens is 318 g/mol. The van der Waals surface area contributed by atoms with E-state index in [9.17, 15) is 4.79 Å². The smallest absolute Gasteiger partial charge is 0.410 e. The number of hydrogen-bond acceptors (Lipinski definition) is 5. The number of hydrogen-bond donors (Lipinski definition) is 0. The molecule has 0 spiro atoms. The molecule has 3 rings (SSSR count). The molecule has 7 heteroatoms. The van der Waals surface area contributed by atoms with Gasteiger partial charge in [-0.25, -0.2) is 4.79 Å². The number of aryl methyl sites for hydroxylation is 1. The Hall–Kier alpha value is -2.44. The topological polar surface area (TPSA) is 73.1 Å². The van der Waals surface area contributed by atoms with Crippen LogP contribution in [0, 0.1) is 6.92 Å². The summed E-state index contributed by atoms with van der Waals surface area (Å²) in [5, 5.41) is 12.9. The molecule has 0 N–H and O–H groups in total. The standard InChI is InChI=1S/C18H25N5O2/c1-13-5-7-15(8-6-13)23-20-16(19-21-23)14-9-11-22(12-10-14)17(24)25-18(2,3)4/h5-8,14H,9-12H2,1-4H3. The third-order valence-corrected chi connectivity index (χ3v) is 4.21. The predicted octanol–water partition coefficient (Wildman–Crippen LogP) is 3.09. The van der Waals surface area contributed by atoms with Crippen molar-refractivity contribution in [1.82, 2.24) is 25.1 Å². The Kier molecular flexibility index (Phi) is 4.74. The van der Waals surface area contributed by atoms with E-state index in [0.29, 0.717) is 13.1 Å². The highest BCUT2D eigenvalue weighted by Gasteiger charge is 2.29. The van der Waals surface area contributed by atoms with Gasteiger partial charge in [-0.1, -0.05) is 17.7 Å². The van der Waals surface area contributed by atoms with Crippen molar-refractivity contribution in [1.29, 1.82) is 0 Å². The summed E-state index contributed by atoms with van der Waals surface area (Å²) >= 11 is 0. The largest absolute Gasteiger partial charge is 0.444 e. The zero-order chi connectivity index (χ0) is 18.0. The number of carbonyl (C=O) groups is 1. The molecule has 0 saturated carbocycles. The highest BCUT2D eigenvalue weighted by molar-refractivity contribution is 5.68. The Labute approximate surface area is 148 Å². The third kappa shape index (κ3) is 4.35. The Bertz CT molecular complexity index is 725. The molecule has 2 aromatic rings. The normalized spacial score (nSPS) is 16.1. The highest BCUT2D eigenvalue weighted by Crippen LogP contribution is 2.26. The number of tetrazole rings is 1. The fraction of sp³-hybridized carbons (Fsp3) is 0.556. The van der Waals surface area contributed by atoms with Gasteiger partial charge in [0.25, 0.3) is 0 Å². The zero-order valence-electron chi connectivity index (χ0n) is 15.3. The molecule has 134 valence electrons. The van der Waals surface area contributed by atoms with E-state index in [1.807, 2.05) is 52.0 Å². The van der Waals surface area contributed by atoms with Crippen LogP contribution in [0.15, 0.2) is 24.3 Å². The maximum absolute atomic E-state index is 12.1. The van der Waals surface area contributed by atoms with Crippen LogP contribution in [0.25, 0.3) is 5.69 Å². The van der Waals surface area contributed by atoms with Crippen LogP contribution in [0.5, 0.6) is 0 Å². The maximum atomic E-state index is 12.1. The van der Waals surface area contributed by atoms with Crippen molar-refractivity contribution in [3.63, 3.8) is 0 Å². The number of aromatic nitrogens is 4. The first-order valence-electron chi connectivity index (χ1n) is 8.67. The SMILES string of the molecule is Cc1ccc(-n2nnc(C3CCN(C(=O)OC(C)(C)C)CC3)n2)cc1. The van der Waals surface area contributed by atoms with Crippen molar-refractivity contribution in [3.8, 4) is 5.69 Å². The Morgan fingerprint density at radius 3 is 2.40 bits per heavy atom. The molecule has 0 radical (unpaired) electrons. The van der Waals surface area contributed by atoms with E-state index in [1.54, 1.807) is 9.70 Å². The molecule has 1 aliphatic rings. The molecule has 0 aliphatic carbocycles. The predicted molar refractivity (Wildman–Crippen MR) is 93.7 cm³/mol. The average Bonchev–Trinajstić information content (AvgIpc) is 3.04. The lowest BCUT2D eigenvalue weighted by Gasteiger charge is -2.32. The van der Waals surface area contributed by atoms with Gasteiger partial charge >= 0.3 is 6.09 Å². The van der Waals surface area contributed by atoms with E-state index in [0.717, 1.165) is 24.4 Å². The molecule has 0 atom stereocenters. The second-order valence-electron chi connectivity index (χ2n) is 7.51. The lowest BCUT2D eigenvalue weighted by Crippen LogP contribution is -2.41. The van der Waals surface area contributed by atoms with E-state index in [4.69, 9.17) is 4.74 Å². The minimum absolute atomic E-state index is 0.220. The van der Waals surface area contributed by atoms with Gasteiger partial charge < -0.3 is 9.64 Å². The molecule has 1 fully saturated rings. The number of rotatable bonds is 2. The second kappa shape index (κ2) is 6.82. The van der Waals surface area contributed by atoms with Crippen molar-refractivity contribution in [2.24, 2.45) is 0 Å². The number of likely N-dealkylation sites (tertiary alicyclic amines) is 1. The lowest BCUT2D eigenvalue weighted by molar-refractivity contribution is 0.0203. The van der Waals surface area contributed by atoms with Gasteiger partial charge in [-0.3, -0.25) is 0 Å². The molecule has 0 bridgehead atoms. The van der Waals surface area contributed by atoms with Crippen molar-refractivity contribution < 1.29 is 9.53 Å². The molecule has 0 unspecified atom stereocenters. The minimum Gasteiger partial charge on any atom is -0.444 e. The number of ether oxygens (including phenoxy) is 1. The first-order valence-corrected chi connectivity index (χ1v) is 8.67. The average molecular weight is 343 g/mol. The van der Waals surface area contributed by atoms with Crippen molar-refractivity contribution in [2.75, 3.05) is 13.1 Å². The maximum Gasteiger partial charge on any atom is 0.410 e. The van der Waals surface area contributed by atoms with Gasteiger partial charge in [0.2, 0.25) is 0 Å². The van der Waals surface area contributed by atoms with Gasteiger partial charge in [-0.2, -0.15) is 0 Å². The van der Waals surface area contributed by atoms with Crippen LogP contribution in [0.4, 0.5) is 4.79 Å². The van der Waals surface area contributed by atoms with Crippen LogP contribution in [0.2, 0.25) is 0 Å². The summed E-state index contributed by atoms with van der Waals surface area (Å²) in [5.74, 6) is 0.960. The molecule has 1 aliphatic heterocycles. The van der Waals surface area contributed by atoms with Crippen LogP contribution in [-0.2, 0) is 4.74 Å². The zero-order valence-corrected chi connectivity index (χ0v) is 15.3. The molecule has 1 saturated heterocycles. The van der Waals surface area contributed by atoms with Crippen molar-refractivity contribution >= 4 is 6.09 Å². The van der Waals surface area contributed by atoms with Crippen LogP contribution < -0.4 is 0 Å². The van der Waals surface area contributed by atoms with E-state index in [-0.39, 0.29) is 12.0 Å². The molecule has 1 amide bonds. The van der Waals surface area contributed by atoms with E-state index >= 15 is 0 Å².